The van der Waals surface area contributed by atoms with Crippen molar-refractivity contribution in [2.75, 3.05) is 10.6 Å². The Bertz CT molecular complexity index is 1540. The van der Waals surface area contributed by atoms with Gasteiger partial charge in [-0.25, -0.2) is 0 Å². The van der Waals surface area contributed by atoms with Crippen LogP contribution in [0.1, 0.15) is 29.3 Å². The largest absolute Gasteiger partial charge is 0.325 e. The summed E-state index contributed by atoms with van der Waals surface area (Å²) >= 11 is 10.8. The Balaban J connectivity index is 1.49. The maximum absolute atomic E-state index is 13.4. The number of thioether (sulfide) groups is 1. The lowest BCUT2D eigenvalue weighted by Gasteiger charge is -2.16. The lowest BCUT2D eigenvalue weighted by molar-refractivity contribution is -0.116. The van der Waals surface area contributed by atoms with Crippen molar-refractivity contribution in [1.29, 1.82) is 0 Å². The molecular weight excluding hydrogens is 622 g/mol. The first-order valence-corrected chi connectivity index (χ1v) is 14.8. The van der Waals surface area contributed by atoms with Gasteiger partial charge >= 0.3 is 0 Å². The molecule has 0 heterocycles. The van der Waals surface area contributed by atoms with Gasteiger partial charge < -0.3 is 16.0 Å². The molecule has 4 rings (SSSR count). The van der Waals surface area contributed by atoms with Gasteiger partial charge in [-0.1, -0.05) is 70.9 Å². The summed E-state index contributed by atoms with van der Waals surface area (Å²) in [5.41, 5.74) is 2.43. The van der Waals surface area contributed by atoms with Crippen molar-refractivity contribution in [3.05, 3.63) is 129 Å². The fourth-order valence-electron chi connectivity index (χ4n) is 3.76. The van der Waals surface area contributed by atoms with Crippen LogP contribution in [0.2, 0.25) is 5.02 Å². The molecule has 6 nitrogen and oxygen atoms in total. The van der Waals surface area contributed by atoms with Crippen molar-refractivity contribution in [1.82, 2.24) is 5.32 Å². The third-order valence-corrected chi connectivity index (χ3v) is 7.99. The van der Waals surface area contributed by atoms with Crippen LogP contribution in [0.25, 0.3) is 6.08 Å². The van der Waals surface area contributed by atoms with Crippen molar-refractivity contribution < 1.29 is 14.4 Å². The van der Waals surface area contributed by atoms with Crippen LogP contribution in [0.15, 0.2) is 118 Å². The predicted molar refractivity (Wildman–Crippen MR) is 171 cm³/mol. The predicted octanol–water partition coefficient (Wildman–Crippen LogP) is 8.02. The van der Waals surface area contributed by atoms with E-state index in [9.17, 15) is 14.4 Å². The Kier molecular flexibility index (Phi) is 10.8. The van der Waals surface area contributed by atoms with Gasteiger partial charge in [-0.15, -0.1) is 11.8 Å². The summed E-state index contributed by atoms with van der Waals surface area (Å²) in [4.78, 5) is 40.0. The normalized spacial score (nSPS) is 11.8. The van der Waals surface area contributed by atoms with Gasteiger partial charge in [0.1, 0.15) is 5.70 Å². The Morgan fingerprint density at radius 3 is 2.24 bits per heavy atom. The van der Waals surface area contributed by atoms with E-state index in [0.29, 0.717) is 28.3 Å². The molecule has 0 aliphatic heterocycles. The van der Waals surface area contributed by atoms with Crippen molar-refractivity contribution in [2.45, 2.75) is 23.5 Å². The summed E-state index contributed by atoms with van der Waals surface area (Å²) in [7, 11) is 0. The summed E-state index contributed by atoms with van der Waals surface area (Å²) in [5, 5.41) is 8.78. The summed E-state index contributed by atoms with van der Waals surface area (Å²) in [5.74, 6) is -1.01. The minimum absolute atomic E-state index is 0.0690. The molecule has 0 spiro atoms. The lowest BCUT2D eigenvalue weighted by atomic mass is 10.1. The molecule has 1 atom stereocenters. The molecule has 4 aromatic carbocycles. The smallest absolute Gasteiger partial charge is 0.272 e. The zero-order chi connectivity index (χ0) is 29.2. The fourth-order valence-corrected chi connectivity index (χ4v) is 5.16. The first-order valence-electron chi connectivity index (χ1n) is 12.8. The van der Waals surface area contributed by atoms with E-state index in [2.05, 4.69) is 31.9 Å². The fraction of sp³-hybridized carbons (Fsp3) is 0.0938. The van der Waals surface area contributed by atoms with Gasteiger partial charge in [0.15, 0.2) is 0 Å². The maximum atomic E-state index is 13.4. The van der Waals surface area contributed by atoms with Gasteiger partial charge in [-0.05, 0) is 84.8 Å². The molecule has 0 saturated carbocycles. The monoisotopic (exact) mass is 647 g/mol. The van der Waals surface area contributed by atoms with Gasteiger partial charge in [0.25, 0.3) is 11.8 Å². The number of nitrogens with one attached hydrogen (secondary N) is 3. The zero-order valence-corrected chi connectivity index (χ0v) is 25.2. The Morgan fingerprint density at radius 2 is 1.56 bits per heavy atom. The maximum Gasteiger partial charge on any atom is 0.272 e. The Morgan fingerprint density at radius 1 is 0.854 bits per heavy atom. The number of hydrogen-bond donors (Lipinski definition) is 3. The highest BCUT2D eigenvalue weighted by Crippen LogP contribution is 2.29. The first kappa shape index (κ1) is 30.1. The summed E-state index contributed by atoms with van der Waals surface area (Å²) in [6.07, 6.45) is 2.20. The molecular formula is C32H27BrClN3O3S. The SMILES string of the molecule is CCC(Sc1cccc(NC(=O)/C(=C/c2ccc(Cl)cc2)NC(=O)c2ccccc2)c1)C(=O)Nc1ccc(Br)cc1. The van der Waals surface area contributed by atoms with Crippen LogP contribution in [0, 0.1) is 0 Å². The van der Waals surface area contributed by atoms with Crippen LogP contribution in [-0.2, 0) is 9.59 Å². The standard InChI is InChI=1S/C32H27BrClN3O3S/c1-2-29(32(40)35-25-17-13-23(33)14-18-25)41-27-10-6-9-26(20-27)36-31(39)28(19-21-11-15-24(34)16-12-21)37-30(38)22-7-4-3-5-8-22/h3-20,29H,2H2,1H3,(H,35,40)(H,36,39)(H,37,38)/b28-19-. The molecule has 4 aromatic rings. The topological polar surface area (TPSA) is 87.3 Å². The molecule has 0 aliphatic rings. The number of halogens is 2. The minimum Gasteiger partial charge on any atom is -0.325 e. The minimum atomic E-state index is -0.494. The highest BCUT2D eigenvalue weighted by Gasteiger charge is 2.19. The molecule has 0 radical (unpaired) electrons. The van der Waals surface area contributed by atoms with Gasteiger partial charge in [0.05, 0.1) is 5.25 Å². The number of anilines is 2. The lowest BCUT2D eigenvalue weighted by Crippen LogP contribution is -2.30. The highest BCUT2D eigenvalue weighted by molar-refractivity contribution is 9.10. The van der Waals surface area contributed by atoms with Crippen LogP contribution in [0.3, 0.4) is 0 Å². The molecule has 1 unspecified atom stereocenters. The van der Waals surface area contributed by atoms with E-state index in [1.165, 1.54) is 11.8 Å². The van der Waals surface area contributed by atoms with Gasteiger partial charge in [0.2, 0.25) is 5.91 Å². The molecule has 3 N–H and O–H groups in total. The van der Waals surface area contributed by atoms with Crippen molar-refractivity contribution in [3.8, 4) is 0 Å². The highest BCUT2D eigenvalue weighted by atomic mass is 79.9. The molecule has 0 aromatic heterocycles. The van der Waals surface area contributed by atoms with Crippen LogP contribution in [0.4, 0.5) is 11.4 Å². The van der Waals surface area contributed by atoms with E-state index in [4.69, 9.17) is 11.6 Å². The molecule has 0 aliphatic carbocycles. The number of carbonyl (C=O) groups excluding carboxylic acids is 3. The second-order valence-corrected chi connectivity index (χ2v) is 11.6. The molecule has 0 bridgehead atoms. The number of carbonyl (C=O) groups is 3. The van der Waals surface area contributed by atoms with Crippen LogP contribution in [0.5, 0.6) is 0 Å². The van der Waals surface area contributed by atoms with Crippen LogP contribution >= 0.6 is 39.3 Å². The quantitative estimate of drug-likeness (QED) is 0.120. The number of rotatable bonds is 10. The van der Waals surface area contributed by atoms with Crippen molar-refractivity contribution in [3.63, 3.8) is 0 Å². The average Bonchev–Trinajstić information content (AvgIpc) is 2.98. The Hall–Kier alpha value is -3.85. The molecule has 3 amide bonds. The van der Waals surface area contributed by atoms with E-state index in [1.807, 2.05) is 49.4 Å². The first-order chi connectivity index (χ1) is 19.8. The molecule has 0 saturated heterocycles. The van der Waals surface area contributed by atoms with Gasteiger partial charge in [-0.3, -0.25) is 14.4 Å². The molecule has 208 valence electrons. The van der Waals surface area contributed by atoms with Crippen LogP contribution in [-0.4, -0.2) is 23.0 Å². The van der Waals surface area contributed by atoms with E-state index in [-0.39, 0.29) is 16.9 Å². The second-order valence-electron chi connectivity index (χ2n) is 8.92. The third kappa shape index (κ3) is 9.08. The van der Waals surface area contributed by atoms with E-state index < -0.39 is 11.8 Å². The van der Waals surface area contributed by atoms with E-state index in [0.717, 1.165) is 15.1 Å². The van der Waals surface area contributed by atoms with Crippen molar-refractivity contribution in [2.24, 2.45) is 0 Å². The summed E-state index contributed by atoms with van der Waals surface area (Å²) in [6, 6.07) is 30.2. The van der Waals surface area contributed by atoms with E-state index in [1.54, 1.807) is 66.7 Å². The van der Waals surface area contributed by atoms with Crippen LogP contribution < -0.4 is 16.0 Å². The average molecular weight is 649 g/mol. The van der Waals surface area contributed by atoms with E-state index >= 15 is 0 Å². The summed E-state index contributed by atoms with van der Waals surface area (Å²) < 4.78 is 0.932. The number of benzene rings is 4. The zero-order valence-electron chi connectivity index (χ0n) is 22.1. The third-order valence-electron chi connectivity index (χ3n) is 5.86. The molecule has 41 heavy (non-hydrogen) atoms. The molecule has 0 fully saturated rings. The van der Waals surface area contributed by atoms with Gasteiger partial charge in [-0.2, -0.15) is 0 Å². The number of hydrogen-bond acceptors (Lipinski definition) is 4. The molecule has 9 heteroatoms. The van der Waals surface area contributed by atoms with Gasteiger partial charge in [0, 0.05) is 31.3 Å². The second kappa shape index (κ2) is 14.7. The van der Waals surface area contributed by atoms with Crippen molar-refractivity contribution >= 4 is 74.5 Å². The number of amides is 3. The Labute approximate surface area is 256 Å². The summed E-state index contributed by atoms with van der Waals surface area (Å²) in [6.45, 7) is 1.95.